The SMILES string of the molecule is CCCCN(CC)Cc1cc(C(=O)O)co1. The number of nitrogens with zero attached hydrogens (tertiary/aromatic N) is 1. The van der Waals surface area contributed by atoms with Gasteiger partial charge in [0, 0.05) is 0 Å². The van der Waals surface area contributed by atoms with E-state index >= 15 is 0 Å². The first-order chi connectivity index (χ1) is 7.67. The van der Waals surface area contributed by atoms with E-state index in [9.17, 15) is 4.79 Å². The number of aromatic carboxylic acids is 1. The average Bonchev–Trinajstić information content (AvgIpc) is 2.72. The molecule has 0 saturated carbocycles. The van der Waals surface area contributed by atoms with Crippen LogP contribution in [0.4, 0.5) is 0 Å². The summed E-state index contributed by atoms with van der Waals surface area (Å²) in [5.41, 5.74) is 0.224. The molecule has 0 aliphatic rings. The zero-order valence-electron chi connectivity index (χ0n) is 9.90. The second-order valence-electron chi connectivity index (χ2n) is 3.83. The quantitative estimate of drug-likeness (QED) is 0.775. The van der Waals surface area contributed by atoms with Crippen LogP contribution in [0.5, 0.6) is 0 Å². The van der Waals surface area contributed by atoms with Gasteiger partial charge in [-0.1, -0.05) is 20.3 Å². The number of carboxylic acids is 1. The summed E-state index contributed by atoms with van der Waals surface area (Å²) in [5, 5.41) is 8.76. The standard InChI is InChI=1S/C12H19NO3/c1-3-5-6-13(4-2)8-11-7-10(9-16-11)12(14)15/h7,9H,3-6,8H2,1-2H3,(H,14,15). The highest BCUT2D eigenvalue weighted by molar-refractivity contribution is 5.87. The van der Waals surface area contributed by atoms with Gasteiger partial charge in [0.2, 0.25) is 0 Å². The summed E-state index contributed by atoms with van der Waals surface area (Å²) in [6, 6.07) is 1.59. The Hall–Kier alpha value is -1.29. The Morgan fingerprint density at radius 3 is 2.75 bits per heavy atom. The maximum atomic E-state index is 10.7. The normalized spacial score (nSPS) is 10.9. The molecule has 0 saturated heterocycles. The predicted molar refractivity (Wildman–Crippen MR) is 61.5 cm³/mol. The van der Waals surface area contributed by atoms with Gasteiger partial charge in [0.05, 0.1) is 12.1 Å². The van der Waals surface area contributed by atoms with E-state index in [0.29, 0.717) is 6.54 Å². The summed E-state index contributed by atoms with van der Waals surface area (Å²) in [7, 11) is 0. The van der Waals surface area contributed by atoms with Crippen molar-refractivity contribution < 1.29 is 14.3 Å². The van der Waals surface area contributed by atoms with Crippen LogP contribution in [-0.4, -0.2) is 29.1 Å². The minimum atomic E-state index is -0.938. The van der Waals surface area contributed by atoms with Crippen LogP contribution in [0, 0.1) is 0 Å². The molecule has 0 fully saturated rings. The van der Waals surface area contributed by atoms with Gasteiger partial charge in [-0.3, -0.25) is 4.90 Å². The molecule has 1 rings (SSSR count). The minimum Gasteiger partial charge on any atom is -0.478 e. The Bertz CT molecular complexity index is 333. The fourth-order valence-electron chi connectivity index (χ4n) is 1.53. The minimum absolute atomic E-state index is 0.224. The van der Waals surface area contributed by atoms with Crippen molar-refractivity contribution in [1.82, 2.24) is 4.90 Å². The highest BCUT2D eigenvalue weighted by Crippen LogP contribution is 2.11. The van der Waals surface area contributed by atoms with E-state index in [1.807, 2.05) is 0 Å². The molecule has 90 valence electrons. The number of hydrogen-bond acceptors (Lipinski definition) is 3. The Kier molecular flexibility index (Phi) is 5.05. The molecule has 0 aliphatic carbocycles. The molecule has 1 heterocycles. The molecule has 1 aromatic heterocycles. The lowest BCUT2D eigenvalue weighted by Crippen LogP contribution is -2.23. The smallest absolute Gasteiger partial charge is 0.338 e. The third-order valence-corrected chi connectivity index (χ3v) is 2.56. The van der Waals surface area contributed by atoms with E-state index in [1.165, 1.54) is 6.26 Å². The van der Waals surface area contributed by atoms with Crippen molar-refractivity contribution in [2.24, 2.45) is 0 Å². The Morgan fingerprint density at radius 1 is 1.50 bits per heavy atom. The van der Waals surface area contributed by atoms with Crippen molar-refractivity contribution in [3.63, 3.8) is 0 Å². The lowest BCUT2D eigenvalue weighted by atomic mass is 10.2. The predicted octanol–water partition coefficient (Wildman–Crippen LogP) is 2.60. The monoisotopic (exact) mass is 225 g/mol. The van der Waals surface area contributed by atoms with Crippen LogP contribution < -0.4 is 0 Å². The summed E-state index contributed by atoms with van der Waals surface area (Å²) in [4.78, 5) is 12.9. The molecule has 0 amide bonds. The van der Waals surface area contributed by atoms with Gasteiger partial charge in [-0.25, -0.2) is 4.79 Å². The maximum absolute atomic E-state index is 10.7. The summed E-state index contributed by atoms with van der Waals surface area (Å²) < 4.78 is 5.22. The van der Waals surface area contributed by atoms with Gasteiger partial charge in [0.1, 0.15) is 12.0 Å². The molecule has 0 aromatic carbocycles. The van der Waals surface area contributed by atoms with Crippen LogP contribution in [0.3, 0.4) is 0 Å². The number of rotatable bonds is 7. The molecule has 0 spiro atoms. The first-order valence-electron chi connectivity index (χ1n) is 5.70. The second kappa shape index (κ2) is 6.33. The van der Waals surface area contributed by atoms with E-state index in [0.717, 1.165) is 31.7 Å². The number of hydrogen-bond donors (Lipinski definition) is 1. The summed E-state index contributed by atoms with van der Waals surface area (Å²) in [5.74, 6) is -0.220. The molecule has 4 heteroatoms. The van der Waals surface area contributed by atoms with Gasteiger partial charge in [-0.15, -0.1) is 0 Å². The third kappa shape index (κ3) is 3.70. The van der Waals surface area contributed by atoms with Crippen molar-refractivity contribution >= 4 is 5.97 Å². The van der Waals surface area contributed by atoms with Crippen LogP contribution in [0.15, 0.2) is 16.7 Å². The van der Waals surface area contributed by atoms with Crippen molar-refractivity contribution in [2.45, 2.75) is 33.2 Å². The summed E-state index contributed by atoms with van der Waals surface area (Å²) in [6.45, 7) is 6.91. The Labute approximate surface area is 95.9 Å². The van der Waals surface area contributed by atoms with Crippen molar-refractivity contribution in [3.8, 4) is 0 Å². The largest absolute Gasteiger partial charge is 0.478 e. The number of furan rings is 1. The molecule has 0 radical (unpaired) electrons. The molecule has 1 N–H and O–H groups in total. The number of carboxylic acid groups (broad SMARTS) is 1. The maximum Gasteiger partial charge on any atom is 0.338 e. The van der Waals surface area contributed by atoms with Crippen LogP contribution in [0.1, 0.15) is 42.8 Å². The fraction of sp³-hybridized carbons (Fsp3) is 0.583. The van der Waals surface area contributed by atoms with Crippen LogP contribution in [0.25, 0.3) is 0 Å². The van der Waals surface area contributed by atoms with E-state index in [2.05, 4.69) is 18.7 Å². The van der Waals surface area contributed by atoms with Crippen LogP contribution in [0.2, 0.25) is 0 Å². The zero-order chi connectivity index (χ0) is 12.0. The Balaban J connectivity index is 2.52. The second-order valence-corrected chi connectivity index (χ2v) is 3.83. The molecule has 4 nitrogen and oxygen atoms in total. The number of unbranched alkanes of at least 4 members (excludes halogenated alkanes) is 1. The lowest BCUT2D eigenvalue weighted by molar-refractivity contribution is 0.0696. The summed E-state index contributed by atoms with van der Waals surface area (Å²) >= 11 is 0. The zero-order valence-corrected chi connectivity index (χ0v) is 9.90. The van der Waals surface area contributed by atoms with Crippen LogP contribution >= 0.6 is 0 Å². The van der Waals surface area contributed by atoms with E-state index in [4.69, 9.17) is 9.52 Å². The molecular formula is C12H19NO3. The summed E-state index contributed by atoms with van der Waals surface area (Å²) in [6.07, 6.45) is 3.61. The van der Waals surface area contributed by atoms with Gasteiger partial charge in [0.25, 0.3) is 0 Å². The number of carbonyl (C=O) groups is 1. The molecule has 1 aromatic rings. The first-order valence-corrected chi connectivity index (χ1v) is 5.70. The topological polar surface area (TPSA) is 53.7 Å². The van der Waals surface area contributed by atoms with Gasteiger partial charge < -0.3 is 9.52 Å². The van der Waals surface area contributed by atoms with Crippen molar-refractivity contribution in [3.05, 3.63) is 23.7 Å². The van der Waals surface area contributed by atoms with Gasteiger partial charge in [-0.2, -0.15) is 0 Å². The van der Waals surface area contributed by atoms with E-state index < -0.39 is 5.97 Å². The molecule has 0 atom stereocenters. The Morgan fingerprint density at radius 2 is 2.25 bits per heavy atom. The lowest BCUT2D eigenvalue weighted by Gasteiger charge is -2.18. The molecule has 0 bridgehead atoms. The van der Waals surface area contributed by atoms with Gasteiger partial charge >= 0.3 is 5.97 Å². The molecule has 0 unspecified atom stereocenters. The van der Waals surface area contributed by atoms with Gasteiger partial charge in [0.15, 0.2) is 0 Å². The van der Waals surface area contributed by atoms with Crippen molar-refractivity contribution in [1.29, 1.82) is 0 Å². The first kappa shape index (κ1) is 12.8. The van der Waals surface area contributed by atoms with Crippen LogP contribution in [-0.2, 0) is 6.54 Å². The third-order valence-electron chi connectivity index (χ3n) is 2.56. The van der Waals surface area contributed by atoms with Gasteiger partial charge in [-0.05, 0) is 25.6 Å². The average molecular weight is 225 g/mol. The highest BCUT2D eigenvalue weighted by atomic mass is 16.4. The van der Waals surface area contributed by atoms with E-state index in [-0.39, 0.29) is 5.56 Å². The molecule has 0 aliphatic heterocycles. The molecule has 16 heavy (non-hydrogen) atoms. The van der Waals surface area contributed by atoms with Crippen molar-refractivity contribution in [2.75, 3.05) is 13.1 Å². The highest BCUT2D eigenvalue weighted by Gasteiger charge is 2.10. The van der Waals surface area contributed by atoms with E-state index in [1.54, 1.807) is 6.07 Å². The molecular weight excluding hydrogens is 206 g/mol. The fourth-order valence-corrected chi connectivity index (χ4v) is 1.53.